The molecular formula is C21H21NO3. The largest absolute Gasteiger partial charge is 0.478 e. The average Bonchev–Trinajstić information content (AvgIpc) is 3.03. The van der Waals surface area contributed by atoms with Crippen molar-refractivity contribution < 1.29 is 14.7 Å². The van der Waals surface area contributed by atoms with Gasteiger partial charge in [0.15, 0.2) is 0 Å². The van der Waals surface area contributed by atoms with Crippen LogP contribution in [0.5, 0.6) is 0 Å². The lowest BCUT2D eigenvalue weighted by Crippen LogP contribution is -2.33. The van der Waals surface area contributed by atoms with E-state index in [4.69, 9.17) is 0 Å². The molecule has 0 radical (unpaired) electrons. The summed E-state index contributed by atoms with van der Waals surface area (Å²) in [6.45, 7) is 0. The van der Waals surface area contributed by atoms with Gasteiger partial charge in [-0.1, -0.05) is 30.3 Å². The summed E-state index contributed by atoms with van der Waals surface area (Å²) in [7, 11) is 0. The second-order valence-corrected chi connectivity index (χ2v) is 6.96. The fourth-order valence-electron chi connectivity index (χ4n) is 4.18. The first-order chi connectivity index (χ1) is 12.1. The topological polar surface area (TPSA) is 66.4 Å². The third-order valence-corrected chi connectivity index (χ3v) is 5.47. The highest BCUT2D eigenvalue weighted by Gasteiger charge is 2.30. The molecule has 4 heteroatoms. The number of carboxylic acids is 1. The van der Waals surface area contributed by atoms with Crippen LogP contribution in [0, 0.1) is 0 Å². The van der Waals surface area contributed by atoms with E-state index in [0.717, 1.165) is 48.8 Å². The van der Waals surface area contributed by atoms with Gasteiger partial charge in [-0.05, 0) is 66.5 Å². The van der Waals surface area contributed by atoms with Gasteiger partial charge in [-0.3, -0.25) is 4.79 Å². The third-order valence-electron chi connectivity index (χ3n) is 5.47. The summed E-state index contributed by atoms with van der Waals surface area (Å²) < 4.78 is 0. The molecule has 0 aromatic heterocycles. The van der Waals surface area contributed by atoms with Gasteiger partial charge in [-0.2, -0.15) is 0 Å². The lowest BCUT2D eigenvalue weighted by molar-refractivity contribution is -0.123. The molecule has 0 aliphatic heterocycles. The number of carbonyl (C=O) groups excluding carboxylic acids is 1. The number of aryl methyl sites for hydroxylation is 2. The molecule has 0 saturated carbocycles. The molecule has 4 nitrogen and oxygen atoms in total. The number of aromatic carboxylic acids is 1. The van der Waals surface area contributed by atoms with Gasteiger partial charge in [0, 0.05) is 0 Å². The highest BCUT2D eigenvalue weighted by molar-refractivity contribution is 5.88. The monoisotopic (exact) mass is 335 g/mol. The van der Waals surface area contributed by atoms with E-state index in [1.165, 1.54) is 5.56 Å². The molecule has 25 heavy (non-hydrogen) atoms. The van der Waals surface area contributed by atoms with Crippen molar-refractivity contribution >= 4 is 11.9 Å². The molecule has 0 unspecified atom stereocenters. The van der Waals surface area contributed by atoms with Crippen molar-refractivity contribution in [1.82, 2.24) is 5.32 Å². The van der Waals surface area contributed by atoms with Crippen LogP contribution in [-0.2, 0) is 17.6 Å². The Kier molecular flexibility index (Phi) is 4.04. The van der Waals surface area contributed by atoms with E-state index in [2.05, 4.69) is 17.4 Å². The van der Waals surface area contributed by atoms with Crippen LogP contribution in [0.2, 0.25) is 0 Å². The second-order valence-electron chi connectivity index (χ2n) is 6.96. The quantitative estimate of drug-likeness (QED) is 0.900. The maximum absolute atomic E-state index is 12.9. The van der Waals surface area contributed by atoms with E-state index in [9.17, 15) is 14.7 Å². The zero-order valence-corrected chi connectivity index (χ0v) is 14.0. The molecule has 128 valence electrons. The Morgan fingerprint density at radius 3 is 2.60 bits per heavy atom. The van der Waals surface area contributed by atoms with Crippen LogP contribution in [0.25, 0.3) is 0 Å². The second kappa shape index (κ2) is 6.36. The lowest BCUT2D eigenvalue weighted by atomic mass is 9.82. The maximum Gasteiger partial charge on any atom is 0.335 e. The van der Waals surface area contributed by atoms with E-state index in [-0.39, 0.29) is 23.4 Å². The smallest absolute Gasteiger partial charge is 0.335 e. The minimum atomic E-state index is -0.930. The van der Waals surface area contributed by atoms with E-state index in [1.54, 1.807) is 12.1 Å². The molecular weight excluding hydrogens is 314 g/mol. The van der Waals surface area contributed by atoms with Crippen molar-refractivity contribution in [1.29, 1.82) is 0 Å². The fourth-order valence-corrected chi connectivity index (χ4v) is 4.18. The Balaban J connectivity index is 1.56. The maximum atomic E-state index is 12.9. The molecule has 2 N–H and O–H groups in total. The number of fused-ring (bicyclic) bond motifs is 2. The van der Waals surface area contributed by atoms with E-state index in [1.807, 2.05) is 18.2 Å². The zero-order valence-electron chi connectivity index (χ0n) is 14.0. The Hall–Kier alpha value is -2.62. The average molecular weight is 335 g/mol. The molecule has 0 fully saturated rings. The molecule has 2 aliphatic rings. The molecule has 0 heterocycles. The van der Waals surface area contributed by atoms with Gasteiger partial charge < -0.3 is 10.4 Å². The van der Waals surface area contributed by atoms with Crippen LogP contribution < -0.4 is 5.32 Å². The molecule has 1 amide bonds. The predicted molar refractivity (Wildman–Crippen MR) is 94.7 cm³/mol. The van der Waals surface area contributed by atoms with Crippen molar-refractivity contribution in [2.75, 3.05) is 0 Å². The van der Waals surface area contributed by atoms with Crippen LogP contribution in [0.15, 0.2) is 42.5 Å². The van der Waals surface area contributed by atoms with E-state index >= 15 is 0 Å². The summed E-state index contributed by atoms with van der Waals surface area (Å²) >= 11 is 0. The number of carbonyl (C=O) groups is 2. The number of benzene rings is 2. The van der Waals surface area contributed by atoms with E-state index < -0.39 is 5.97 Å². The molecule has 0 bridgehead atoms. The Morgan fingerprint density at radius 2 is 1.76 bits per heavy atom. The first kappa shape index (κ1) is 15.9. The SMILES string of the molecule is O=C(O)c1ccc2c(c1)[C@H](NC(=O)[C@H]1CCCc3ccccc31)CC2. The summed E-state index contributed by atoms with van der Waals surface area (Å²) in [4.78, 5) is 24.1. The van der Waals surface area contributed by atoms with Crippen LogP contribution in [0.4, 0.5) is 0 Å². The molecule has 4 rings (SSSR count). The molecule has 2 atom stereocenters. The summed E-state index contributed by atoms with van der Waals surface area (Å²) in [5.74, 6) is -0.969. The van der Waals surface area contributed by atoms with Gasteiger partial charge in [-0.25, -0.2) is 4.79 Å². The number of amides is 1. The summed E-state index contributed by atoms with van der Waals surface area (Å²) in [6.07, 6.45) is 4.64. The summed E-state index contributed by atoms with van der Waals surface area (Å²) in [5, 5.41) is 12.4. The number of nitrogens with one attached hydrogen (secondary N) is 1. The van der Waals surface area contributed by atoms with E-state index in [0.29, 0.717) is 0 Å². The van der Waals surface area contributed by atoms with Crippen molar-refractivity contribution in [2.24, 2.45) is 0 Å². The predicted octanol–water partition coefficient (Wildman–Crippen LogP) is 3.61. The lowest BCUT2D eigenvalue weighted by Gasteiger charge is -2.26. The molecule has 0 spiro atoms. The van der Waals surface area contributed by atoms with Crippen LogP contribution in [-0.4, -0.2) is 17.0 Å². The molecule has 2 aromatic carbocycles. The first-order valence-electron chi connectivity index (χ1n) is 8.88. The summed E-state index contributed by atoms with van der Waals surface area (Å²) in [6, 6.07) is 13.3. The first-order valence-corrected chi connectivity index (χ1v) is 8.88. The zero-order chi connectivity index (χ0) is 17.4. The number of hydrogen-bond donors (Lipinski definition) is 2. The molecule has 2 aliphatic carbocycles. The van der Waals surface area contributed by atoms with Crippen molar-refractivity contribution in [3.63, 3.8) is 0 Å². The minimum absolute atomic E-state index is 0.0609. The number of hydrogen-bond acceptors (Lipinski definition) is 2. The van der Waals surface area contributed by atoms with Gasteiger partial charge in [0.2, 0.25) is 5.91 Å². The highest BCUT2D eigenvalue weighted by atomic mass is 16.4. The van der Waals surface area contributed by atoms with Crippen molar-refractivity contribution in [2.45, 2.75) is 44.1 Å². The Morgan fingerprint density at radius 1 is 0.960 bits per heavy atom. The standard InChI is InChI=1S/C21H21NO3/c23-20(17-7-3-5-13-4-1-2-6-16(13)17)22-19-11-10-14-8-9-15(21(24)25)12-18(14)19/h1-2,4,6,8-9,12,17,19H,3,5,7,10-11H2,(H,22,23)(H,24,25)/t17-,19+/m0/s1. The third kappa shape index (κ3) is 2.93. The van der Waals surface area contributed by atoms with Gasteiger partial charge in [0.25, 0.3) is 0 Å². The van der Waals surface area contributed by atoms with Crippen LogP contribution in [0.1, 0.15) is 63.8 Å². The Bertz CT molecular complexity index is 843. The van der Waals surface area contributed by atoms with Crippen LogP contribution >= 0.6 is 0 Å². The molecule has 2 aromatic rings. The van der Waals surface area contributed by atoms with Gasteiger partial charge in [-0.15, -0.1) is 0 Å². The van der Waals surface area contributed by atoms with Gasteiger partial charge in [0.1, 0.15) is 0 Å². The Labute approximate surface area is 146 Å². The van der Waals surface area contributed by atoms with Gasteiger partial charge >= 0.3 is 5.97 Å². The number of rotatable bonds is 3. The fraction of sp³-hybridized carbons (Fsp3) is 0.333. The molecule has 0 saturated heterocycles. The van der Waals surface area contributed by atoms with Gasteiger partial charge in [0.05, 0.1) is 17.5 Å². The van der Waals surface area contributed by atoms with Crippen molar-refractivity contribution in [3.8, 4) is 0 Å². The number of carboxylic acid groups (broad SMARTS) is 1. The summed E-state index contributed by atoms with van der Waals surface area (Å²) in [5.41, 5.74) is 4.79. The highest BCUT2D eigenvalue weighted by Crippen LogP contribution is 2.35. The van der Waals surface area contributed by atoms with Crippen molar-refractivity contribution in [3.05, 3.63) is 70.3 Å². The minimum Gasteiger partial charge on any atom is -0.478 e. The van der Waals surface area contributed by atoms with Crippen LogP contribution in [0.3, 0.4) is 0 Å². The normalized spacial score (nSPS) is 21.3.